The summed E-state index contributed by atoms with van der Waals surface area (Å²) in [5.41, 5.74) is 3.81. The monoisotopic (exact) mass is 392 g/mol. The Balaban J connectivity index is 1.50. The van der Waals surface area contributed by atoms with Gasteiger partial charge in [-0.15, -0.1) is 0 Å². The van der Waals surface area contributed by atoms with Crippen molar-refractivity contribution in [1.29, 1.82) is 0 Å². The molecule has 0 radical (unpaired) electrons. The maximum absolute atomic E-state index is 12.9. The van der Waals surface area contributed by atoms with Gasteiger partial charge in [0.2, 0.25) is 0 Å². The van der Waals surface area contributed by atoms with E-state index in [1.165, 1.54) is 18.4 Å². The number of carbonyl (C=O) groups excluding carboxylic acids is 1. The van der Waals surface area contributed by atoms with Crippen molar-refractivity contribution < 1.29 is 4.79 Å². The minimum absolute atomic E-state index is 0.146. The summed E-state index contributed by atoms with van der Waals surface area (Å²) < 4.78 is 2.27. The van der Waals surface area contributed by atoms with Gasteiger partial charge in [0.05, 0.1) is 0 Å². The highest BCUT2D eigenvalue weighted by Crippen LogP contribution is 2.17. The van der Waals surface area contributed by atoms with E-state index in [9.17, 15) is 4.79 Å². The summed E-state index contributed by atoms with van der Waals surface area (Å²) in [5, 5.41) is 3.06. The van der Waals surface area contributed by atoms with Crippen LogP contribution in [0.5, 0.6) is 0 Å². The third-order valence-corrected chi connectivity index (χ3v) is 5.47. The number of rotatable bonds is 6. The number of nitrogens with one attached hydrogen (secondary N) is 2. The Labute approximate surface area is 170 Å². The molecule has 2 N–H and O–H groups in total. The van der Waals surface area contributed by atoms with Crippen molar-refractivity contribution in [2.24, 2.45) is 0 Å². The molecule has 1 amide bonds. The van der Waals surface area contributed by atoms with Gasteiger partial charge in [-0.1, -0.05) is 42.5 Å². The van der Waals surface area contributed by atoms with Crippen LogP contribution in [0.4, 0.5) is 0 Å². The molecule has 6 heteroatoms. The van der Waals surface area contributed by atoms with Crippen LogP contribution in [0, 0.1) is 4.77 Å². The van der Waals surface area contributed by atoms with Crippen molar-refractivity contribution in [3.8, 4) is 5.69 Å². The number of amides is 1. The standard InChI is InChI=1S/C22H24N4OS/c27-21(20-15-24-22(28)26(20)19-10-2-1-3-11-19)23-14-17-8-4-5-9-18(17)16-25-12-6-7-13-25/h1-5,8-11,15H,6-7,12-14,16H2,(H,23,27)(H,24,28). The van der Waals surface area contributed by atoms with E-state index in [-0.39, 0.29) is 5.91 Å². The summed E-state index contributed by atoms with van der Waals surface area (Å²) in [7, 11) is 0. The van der Waals surface area contributed by atoms with Crippen LogP contribution in [0.3, 0.4) is 0 Å². The molecule has 0 atom stereocenters. The molecule has 144 valence electrons. The first kappa shape index (κ1) is 18.7. The summed E-state index contributed by atoms with van der Waals surface area (Å²) in [5.74, 6) is -0.146. The van der Waals surface area contributed by atoms with Crippen LogP contribution < -0.4 is 5.32 Å². The molecule has 2 heterocycles. The van der Waals surface area contributed by atoms with Gasteiger partial charge >= 0.3 is 0 Å². The predicted molar refractivity (Wildman–Crippen MR) is 113 cm³/mol. The second kappa shape index (κ2) is 8.54. The number of aromatic amines is 1. The van der Waals surface area contributed by atoms with Crippen molar-refractivity contribution in [3.63, 3.8) is 0 Å². The molecule has 0 unspecified atom stereocenters. The topological polar surface area (TPSA) is 53.1 Å². The normalized spacial score (nSPS) is 14.3. The molecule has 1 aromatic heterocycles. The lowest BCUT2D eigenvalue weighted by Crippen LogP contribution is -2.26. The first-order chi connectivity index (χ1) is 13.7. The van der Waals surface area contributed by atoms with Crippen LogP contribution in [0.15, 0.2) is 60.8 Å². The average molecular weight is 393 g/mol. The molecule has 1 aliphatic heterocycles. The number of carbonyl (C=O) groups is 1. The van der Waals surface area contributed by atoms with Crippen LogP contribution >= 0.6 is 12.2 Å². The summed E-state index contributed by atoms with van der Waals surface area (Å²) in [4.78, 5) is 18.3. The zero-order valence-electron chi connectivity index (χ0n) is 15.7. The lowest BCUT2D eigenvalue weighted by atomic mass is 10.1. The molecule has 0 bridgehead atoms. The molecule has 28 heavy (non-hydrogen) atoms. The molecule has 0 aliphatic carbocycles. The molecule has 1 aliphatic rings. The van der Waals surface area contributed by atoms with E-state index < -0.39 is 0 Å². The van der Waals surface area contributed by atoms with E-state index in [0.717, 1.165) is 30.9 Å². The Morgan fingerprint density at radius 2 is 1.68 bits per heavy atom. The number of benzene rings is 2. The van der Waals surface area contributed by atoms with Crippen molar-refractivity contribution in [2.45, 2.75) is 25.9 Å². The van der Waals surface area contributed by atoms with Gasteiger partial charge < -0.3 is 10.3 Å². The van der Waals surface area contributed by atoms with Crippen molar-refractivity contribution >= 4 is 18.1 Å². The minimum Gasteiger partial charge on any atom is -0.347 e. The average Bonchev–Trinajstić information content (AvgIpc) is 3.37. The Kier molecular flexibility index (Phi) is 5.69. The second-order valence-corrected chi connectivity index (χ2v) is 7.47. The maximum atomic E-state index is 12.9. The fraction of sp³-hybridized carbons (Fsp3) is 0.273. The van der Waals surface area contributed by atoms with E-state index in [2.05, 4.69) is 33.4 Å². The first-order valence-corrected chi connectivity index (χ1v) is 10.1. The smallest absolute Gasteiger partial charge is 0.270 e. The predicted octanol–water partition coefficient (Wildman–Crippen LogP) is 4.06. The summed E-state index contributed by atoms with van der Waals surface area (Å²) in [6.07, 6.45) is 4.21. The molecule has 3 aromatic rings. The number of hydrogen-bond donors (Lipinski definition) is 2. The van der Waals surface area contributed by atoms with E-state index in [1.54, 1.807) is 10.8 Å². The molecule has 1 saturated heterocycles. The van der Waals surface area contributed by atoms with Gasteiger partial charge in [-0.3, -0.25) is 14.3 Å². The zero-order chi connectivity index (χ0) is 19.3. The van der Waals surface area contributed by atoms with Gasteiger partial charge in [-0.05, 0) is 61.4 Å². The van der Waals surface area contributed by atoms with Gasteiger partial charge in [0.15, 0.2) is 4.77 Å². The van der Waals surface area contributed by atoms with E-state index in [0.29, 0.717) is 17.0 Å². The number of imidazole rings is 1. The Hall–Kier alpha value is -2.70. The molecule has 0 spiro atoms. The van der Waals surface area contributed by atoms with Crippen molar-refractivity contribution in [3.05, 3.63) is 82.4 Å². The summed E-state index contributed by atoms with van der Waals surface area (Å²) in [6.45, 7) is 3.75. The van der Waals surface area contributed by atoms with Crippen molar-refractivity contribution in [2.75, 3.05) is 13.1 Å². The van der Waals surface area contributed by atoms with E-state index in [4.69, 9.17) is 12.2 Å². The fourth-order valence-corrected chi connectivity index (χ4v) is 3.96. The Morgan fingerprint density at radius 1 is 1.00 bits per heavy atom. The number of H-pyrrole nitrogens is 1. The maximum Gasteiger partial charge on any atom is 0.270 e. The van der Waals surface area contributed by atoms with Crippen LogP contribution in [0.25, 0.3) is 5.69 Å². The van der Waals surface area contributed by atoms with Crippen LogP contribution in [-0.4, -0.2) is 33.4 Å². The number of hydrogen-bond acceptors (Lipinski definition) is 3. The number of para-hydroxylation sites is 1. The van der Waals surface area contributed by atoms with Gasteiger partial charge in [0.1, 0.15) is 5.69 Å². The Morgan fingerprint density at radius 3 is 2.43 bits per heavy atom. The molecule has 2 aromatic carbocycles. The van der Waals surface area contributed by atoms with Crippen LogP contribution in [-0.2, 0) is 13.1 Å². The molecule has 5 nitrogen and oxygen atoms in total. The SMILES string of the molecule is O=C(NCc1ccccc1CN1CCCC1)c1c[nH]c(=S)n1-c1ccccc1. The highest BCUT2D eigenvalue weighted by molar-refractivity contribution is 7.71. The molecule has 4 rings (SSSR count). The third-order valence-electron chi connectivity index (χ3n) is 5.17. The largest absolute Gasteiger partial charge is 0.347 e. The zero-order valence-corrected chi connectivity index (χ0v) is 16.5. The van der Waals surface area contributed by atoms with Gasteiger partial charge in [0.25, 0.3) is 5.91 Å². The minimum atomic E-state index is -0.146. The summed E-state index contributed by atoms with van der Waals surface area (Å²) >= 11 is 5.37. The molecular formula is C22H24N4OS. The fourth-order valence-electron chi connectivity index (χ4n) is 3.70. The highest BCUT2D eigenvalue weighted by Gasteiger charge is 2.16. The highest BCUT2D eigenvalue weighted by atomic mass is 32.1. The number of likely N-dealkylation sites (tertiary alicyclic amines) is 1. The third kappa shape index (κ3) is 4.08. The van der Waals surface area contributed by atoms with E-state index >= 15 is 0 Å². The van der Waals surface area contributed by atoms with Crippen molar-refractivity contribution in [1.82, 2.24) is 19.8 Å². The van der Waals surface area contributed by atoms with Gasteiger partial charge in [-0.2, -0.15) is 0 Å². The molecule has 0 saturated carbocycles. The number of aromatic nitrogens is 2. The lowest BCUT2D eigenvalue weighted by Gasteiger charge is -2.18. The van der Waals surface area contributed by atoms with Crippen LogP contribution in [0.2, 0.25) is 0 Å². The van der Waals surface area contributed by atoms with Gasteiger partial charge in [-0.25, -0.2) is 0 Å². The van der Waals surface area contributed by atoms with Crippen LogP contribution in [0.1, 0.15) is 34.5 Å². The summed E-state index contributed by atoms with van der Waals surface area (Å²) in [6, 6.07) is 18.0. The second-order valence-electron chi connectivity index (χ2n) is 7.08. The first-order valence-electron chi connectivity index (χ1n) is 9.65. The molecular weight excluding hydrogens is 368 g/mol. The van der Waals surface area contributed by atoms with Gasteiger partial charge in [0, 0.05) is 25.0 Å². The Bertz CT molecular complexity index is 1000. The molecule has 1 fully saturated rings. The lowest BCUT2D eigenvalue weighted by molar-refractivity contribution is 0.0944. The quantitative estimate of drug-likeness (QED) is 0.622. The van der Waals surface area contributed by atoms with E-state index in [1.807, 2.05) is 36.4 Å². The number of nitrogens with zero attached hydrogens (tertiary/aromatic N) is 2.